The number of nitrogens with zero attached hydrogens (tertiary/aromatic N) is 3. The largest absolute Gasteiger partial charge is 0.493 e. The molecule has 1 heterocycles. The molecule has 5 aromatic rings. The molecule has 0 amide bonds. The molecule has 0 spiro atoms. The maximum Gasteiger partial charge on any atom is 0.282 e. The molecule has 198 valence electrons. The van der Waals surface area contributed by atoms with Crippen molar-refractivity contribution in [2.75, 3.05) is 7.11 Å². The van der Waals surface area contributed by atoms with E-state index in [2.05, 4.69) is 46.2 Å². The van der Waals surface area contributed by atoms with Gasteiger partial charge in [0.15, 0.2) is 11.5 Å². The third kappa shape index (κ3) is 5.56. The Bertz CT molecular complexity index is 1760. The molecule has 0 radical (unpaired) electrons. The Hall–Kier alpha value is -3.68. The van der Waals surface area contributed by atoms with Crippen LogP contribution in [0.1, 0.15) is 43.1 Å². The van der Waals surface area contributed by atoms with E-state index in [9.17, 15) is 4.79 Å². The van der Waals surface area contributed by atoms with Crippen LogP contribution in [0, 0.1) is 0 Å². The van der Waals surface area contributed by atoms with Gasteiger partial charge in [-0.1, -0.05) is 83.8 Å². The summed E-state index contributed by atoms with van der Waals surface area (Å²) >= 11 is 9.88. The molecule has 0 N–H and O–H groups in total. The molecule has 0 aliphatic heterocycles. The molecule has 1 atom stereocenters. The Morgan fingerprint density at radius 2 is 1.87 bits per heavy atom. The second kappa shape index (κ2) is 11.6. The topological polar surface area (TPSA) is 65.7 Å². The second-order valence-corrected chi connectivity index (χ2v) is 10.6. The van der Waals surface area contributed by atoms with Gasteiger partial charge in [0.05, 0.1) is 24.2 Å². The number of hydrogen-bond donors (Lipinski definition) is 0. The Morgan fingerprint density at radius 3 is 2.67 bits per heavy atom. The molecule has 8 heteroatoms. The van der Waals surface area contributed by atoms with Crippen LogP contribution in [0.25, 0.3) is 21.7 Å². The zero-order valence-electron chi connectivity index (χ0n) is 21.8. The number of rotatable bonds is 8. The van der Waals surface area contributed by atoms with Crippen molar-refractivity contribution in [2.45, 2.75) is 32.8 Å². The van der Waals surface area contributed by atoms with Gasteiger partial charge in [0.2, 0.25) is 0 Å². The monoisotopic (exact) mass is 603 g/mol. The van der Waals surface area contributed by atoms with E-state index in [1.54, 1.807) is 31.5 Å². The summed E-state index contributed by atoms with van der Waals surface area (Å²) < 4.78 is 14.1. The third-order valence-electron chi connectivity index (χ3n) is 6.72. The Kier molecular flexibility index (Phi) is 8.00. The van der Waals surface area contributed by atoms with E-state index in [0.29, 0.717) is 45.4 Å². The van der Waals surface area contributed by atoms with Crippen molar-refractivity contribution in [2.24, 2.45) is 5.10 Å². The molecule has 0 unspecified atom stereocenters. The van der Waals surface area contributed by atoms with Gasteiger partial charge in [-0.2, -0.15) is 9.78 Å². The van der Waals surface area contributed by atoms with Crippen molar-refractivity contribution in [1.82, 2.24) is 9.66 Å². The number of halogens is 2. The maximum absolute atomic E-state index is 13.6. The van der Waals surface area contributed by atoms with Crippen molar-refractivity contribution in [3.8, 4) is 11.5 Å². The van der Waals surface area contributed by atoms with E-state index in [-0.39, 0.29) is 11.5 Å². The lowest BCUT2D eigenvalue weighted by atomic mass is 10.1. The van der Waals surface area contributed by atoms with E-state index in [4.69, 9.17) is 26.1 Å². The highest BCUT2D eigenvalue weighted by molar-refractivity contribution is 9.10. The van der Waals surface area contributed by atoms with Crippen molar-refractivity contribution >= 4 is 55.4 Å². The maximum atomic E-state index is 13.6. The van der Waals surface area contributed by atoms with Gasteiger partial charge in [0.25, 0.3) is 5.56 Å². The van der Waals surface area contributed by atoms with E-state index in [1.165, 1.54) is 4.68 Å². The van der Waals surface area contributed by atoms with E-state index < -0.39 is 0 Å². The van der Waals surface area contributed by atoms with Crippen LogP contribution in [0.4, 0.5) is 0 Å². The quantitative estimate of drug-likeness (QED) is 0.169. The van der Waals surface area contributed by atoms with Crippen LogP contribution in [-0.2, 0) is 6.61 Å². The van der Waals surface area contributed by atoms with Crippen molar-refractivity contribution < 1.29 is 9.47 Å². The van der Waals surface area contributed by atoms with Crippen molar-refractivity contribution in [3.05, 3.63) is 110 Å². The van der Waals surface area contributed by atoms with Crippen LogP contribution in [-0.4, -0.2) is 23.0 Å². The predicted molar refractivity (Wildman–Crippen MR) is 162 cm³/mol. The summed E-state index contributed by atoms with van der Waals surface area (Å²) in [6.07, 6.45) is 2.37. The normalized spacial score (nSPS) is 12.3. The Labute approximate surface area is 240 Å². The average Bonchev–Trinajstić information content (AvgIpc) is 2.95. The number of hydrogen-bond acceptors (Lipinski definition) is 5. The van der Waals surface area contributed by atoms with Crippen LogP contribution in [0.15, 0.2) is 87.2 Å². The molecule has 0 saturated carbocycles. The number of benzene rings is 4. The molecule has 4 aromatic carbocycles. The lowest BCUT2D eigenvalue weighted by Gasteiger charge is -2.16. The first kappa shape index (κ1) is 26.9. The first-order valence-electron chi connectivity index (χ1n) is 12.6. The van der Waals surface area contributed by atoms with Crippen LogP contribution >= 0.6 is 27.5 Å². The molecule has 0 bridgehead atoms. The SMILES string of the molecule is CC[C@H](C)c1nc2ccc(Br)cc2c(=O)n1N=Cc1cc(Cl)cc(OC)c1OCc1cccc2ccccc12. The van der Waals surface area contributed by atoms with Gasteiger partial charge < -0.3 is 9.47 Å². The third-order valence-corrected chi connectivity index (χ3v) is 7.43. The summed E-state index contributed by atoms with van der Waals surface area (Å²) in [6, 6.07) is 23.2. The molecule has 1 aromatic heterocycles. The number of fused-ring (bicyclic) bond motifs is 2. The highest BCUT2D eigenvalue weighted by Gasteiger charge is 2.17. The van der Waals surface area contributed by atoms with Gasteiger partial charge in [-0.15, -0.1) is 0 Å². The number of methoxy groups -OCH3 is 1. The van der Waals surface area contributed by atoms with Gasteiger partial charge in [-0.3, -0.25) is 4.79 Å². The van der Waals surface area contributed by atoms with E-state index in [0.717, 1.165) is 27.2 Å². The van der Waals surface area contributed by atoms with Crippen LogP contribution < -0.4 is 15.0 Å². The highest BCUT2D eigenvalue weighted by Crippen LogP contribution is 2.35. The standard InChI is InChI=1S/C31H27BrClN3O3/c1-4-19(2)30-35-27-13-12-23(32)15-26(27)31(37)36(30)34-17-22-14-24(33)16-28(38-3)29(22)39-18-21-10-7-9-20-8-5-6-11-25(20)21/h5-17,19H,4,18H2,1-3H3/t19-/m0/s1. The van der Waals surface area contributed by atoms with Gasteiger partial charge in [0.1, 0.15) is 12.4 Å². The average molecular weight is 605 g/mol. The van der Waals surface area contributed by atoms with Crippen molar-refractivity contribution in [1.29, 1.82) is 0 Å². The predicted octanol–water partition coefficient (Wildman–Crippen LogP) is 7.95. The Balaban J connectivity index is 1.59. The van der Waals surface area contributed by atoms with Gasteiger partial charge in [0, 0.05) is 27.0 Å². The second-order valence-electron chi connectivity index (χ2n) is 9.26. The molecule has 0 fully saturated rings. The number of ether oxygens (including phenoxy) is 2. The lowest BCUT2D eigenvalue weighted by Crippen LogP contribution is -2.23. The summed E-state index contributed by atoms with van der Waals surface area (Å²) in [5.74, 6) is 1.55. The van der Waals surface area contributed by atoms with E-state index >= 15 is 0 Å². The van der Waals surface area contributed by atoms with Gasteiger partial charge >= 0.3 is 0 Å². The fourth-order valence-electron chi connectivity index (χ4n) is 4.46. The Morgan fingerprint density at radius 1 is 1.08 bits per heavy atom. The molecule has 0 aliphatic rings. The smallest absolute Gasteiger partial charge is 0.282 e. The minimum absolute atomic E-state index is 0.0128. The first-order valence-corrected chi connectivity index (χ1v) is 13.8. The zero-order valence-corrected chi connectivity index (χ0v) is 24.2. The first-order chi connectivity index (χ1) is 18.9. The summed E-state index contributed by atoms with van der Waals surface area (Å²) in [5.41, 5.74) is 2.00. The van der Waals surface area contributed by atoms with Gasteiger partial charge in [-0.05, 0) is 47.0 Å². The summed E-state index contributed by atoms with van der Waals surface area (Å²) in [5, 5.41) is 7.80. The molecular formula is C31H27BrClN3O3. The zero-order chi connectivity index (χ0) is 27.5. The fraction of sp³-hybridized carbons (Fsp3) is 0.194. The van der Waals surface area contributed by atoms with Crippen LogP contribution in [0.3, 0.4) is 0 Å². The van der Waals surface area contributed by atoms with Crippen molar-refractivity contribution in [3.63, 3.8) is 0 Å². The molecular weight excluding hydrogens is 578 g/mol. The molecule has 39 heavy (non-hydrogen) atoms. The van der Waals surface area contributed by atoms with Crippen LogP contribution in [0.2, 0.25) is 5.02 Å². The molecule has 6 nitrogen and oxygen atoms in total. The minimum Gasteiger partial charge on any atom is -0.493 e. The van der Waals surface area contributed by atoms with Crippen LogP contribution in [0.5, 0.6) is 11.5 Å². The molecule has 0 saturated heterocycles. The lowest BCUT2D eigenvalue weighted by molar-refractivity contribution is 0.285. The molecule has 5 rings (SSSR count). The van der Waals surface area contributed by atoms with E-state index in [1.807, 2.05) is 43.3 Å². The summed E-state index contributed by atoms with van der Waals surface area (Å²) in [7, 11) is 1.56. The van der Waals surface area contributed by atoms with Gasteiger partial charge in [-0.25, -0.2) is 4.98 Å². The molecule has 0 aliphatic carbocycles. The highest BCUT2D eigenvalue weighted by atomic mass is 79.9. The number of aromatic nitrogens is 2. The summed E-state index contributed by atoms with van der Waals surface area (Å²) in [6.45, 7) is 4.39. The fourth-order valence-corrected chi connectivity index (χ4v) is 5.04. The summed E-state index contributed by atoms with van der Waals surface area (Å²) in [4.78, 5) is 18.3. The minimum atomic E-state index is -0.250.